The lowest BCUT2D eigenvalue weighted by atomic mass is 10.3. The molecule has 0 aliphatic carbocycles. The van der Waals surface area contributed by atoms with E-state index in [1.807, 2.05) is 6.92 Å². The van der Waals surface area contributed by atoms with Gasteiger partial charge in [-0.1, -0.05) is 0 Å². The molecule has 0 saturated carbocycles. The monoisotopic (exact) mass is 399 g/mol. The summed E-state index contributed by atoms with van der Waals surface area (Å²) in [5.74, 6) is 0.456. The van der Waals surface area contributed by atoms with Crippen molar-refractivity contribution < 1.29 is 16.8 Å². The van der Waals surface area contributed by atoms with Crippen molar-refractivity contribution >= 4 is 42.9 Å². The summed E-state index contributed by atoms with van der Waals surface area (Å²) in [4.78, 5) is 5.03. The Morgan fingerprint density at radius 1 is 0.960 bits per heavy atom. The zero-order valence-electron chi connectivity index (χ0n) is 13.4. The van der Waals surface area contributed by atoms with E-state index >= 15 is 0 Å². The van der Waals surface area contributed by atoms with E-state index in [0.717, 1.165) is 11.3 Å². The fourth-order valence-electron chi connectivity index (χ4n) is 2.30. The summed E-state index contributed by atoms with van der Waals surface area (Å²) < 4.78 is 54.2. The molecule has 0 unspecified atom stereocenters. The van der Waals surface area contributed by atoms with Crippen LogP contribution < -0.4 is 9.44 Å². The average Bonchev–Trinajstić information content (AvgIpc) is 3.19. The molecule has 0 spiro atoms. The van der Waals surface area contributed by atoms with Gasteiger partial charge in [-0.15, -0.1) is 11.3 Å². The maximum Gasteiger partial charge on any atom is 0.271 e. The van der Waals surface area contributed by atoms with Gasteiger partial charge in [-0.25, -0.2) is 16.8 Å². The second-order valence-corrected chi connectivity index (χ2v) is 10.4. The standard InChI is InChI=1S/C15H17N3O4S3/c1-11-4-9-15(23-11)25(21,22)17-12-5-7-13(8-6-12)24(19,20)18-14-3-2-10-16-14/h4-9,17H,2-3,10H2,1H3,(H,16,18). The molecular weight excluding hydrogens is 382 g/mol. The van der Waals surface area contributed by atoms with Gasteiger partial charge in [-0.3, -0.25) is 14.4 Å². The van der Waals surface area contributed by atoms with E-state index in [0.29, 0.717) is 24.5 Å². The maximum atomic E-state index is 12.3. The van der Waals surface area contributed by atoms with Gasteiger partial charge in [0.25, 0.3) is 20.0 Å². The number of aryl methyl sites for hydroxylation is 1. The van der Waals surface area contributed by atoms with Crippen molar-refractivity contribution in [3.8, 4) is 0 Å². The van der Waals surface area contributed by atoms with Crippen molar-refractivity contribution in [1.82, 2.24) is 4.72 Å². The van der Waals surface area contributed by atoms with Crippen molar-refractivity contribution in [3.05, 3.63) is 41.3 Å². The molecule has 1 aliphatic heterocycles. The summed E-state index contributed by atoms with van der Waals surface area (Å²) in [6.45, 7) is 2.45. The van der Waals surface area contributed by atoms with Gasteiger partial charge in [0, 0.05) is 23.5 Å². The number of aliphatic imine (C=N–C) groups is 1. The number of hydrogen-bond donors (Lipinski definition) is 2. The average molecular weight is 400 g/mol. The van der Waals surface area contributed by atoms with Crippen molar-refractivity contribution in [2.24, 2.45) is 4.99 Å². The van der Waals surface area contributed by atoms with Gasteiger partial charge in [0.15, 0.2) is 0 Å². The molecule has 10 heteroatoms. The summed E-state index contributed by atoms with van der Waals surface area (Å²) in [5, 5.41) is 0. The lowest BCUT2D eigenvalue weighted by Crippen LogP contribution is -2.29. The van der Waals surface area contributed by atoms with Crippen LogP contribution in [0.25, 0.3) is 0 Å². The summed E-state index contributed by atoms with van der Waals surface area (Å²) in [7, 11) is -7.38. The first-order valence-corrected chi connectivity index (χ1v) is 11.3. The van der Waals surface area contributed by atoms with E-state index in [1.165, 1.54) is 41.7 Å². The molecule has 1 aliphatic rings. The quantitative estimate of drug-likeness (QED) is 0.805. The van der Waals surface area contributed by atoms with Gasteiger partial charge in [0.05, 0.1) is 4.90 Å². The first-order chi connectivity index (χ1) is 11.8. The van der Waals surface area contributed by atoms with Crippen molar-refractivity contribution in [1.29, 1.82) is 0 Å². The Kier molecular flexibility index (Phi) is 4.85. The Morgan fingerprint density at radius 3 is 2.24 bits per heavy atom. The molecule has 1 aromatic heterocycles. The molecule has 25 heavy (non-hydrogen) atoms. The molecule has 1 aromatic carbocycles. The molecule has 2 aromatic rings. The highest BCUT2D eigenvalue weighted by Crippen LogP contribution is 2.24. The summed E-state index contributed by atoms with van der Waals surface area (Å²) in [5.41, 5.74) is 0.295. The van der Waals surface area contributed by atoms with Crippen molar-refractivity contribution in [2.45, 2.75) is 28.9 Å². The fraction of sp³-hybridized carbons (Fsp3) is 0.267. The Hall–Kier alpha value is -1.91. The fourth-order valence-corrected chi connectivity index (χ4v) is 5.73. The molecule has 0 bridgehead atoms. The summed E-state index contributed by atoms with van der Waals surface area (Å²) >= 11 is 1.17. The third kappa shape index (κ3) is 4.20. The molecule has 7 nitrogen and oxygen atoms in total. The molecule has 0 fully saturated rings. The van der Waals surface area contributed by atoms with Gasteiger partial charge in [-0.05, 0) is 49.7 Å². The number of benzene rings is 1. The lowest BCUT2D eigenvalue weighted by Gasteiger charge is -2.09. The molecule has 134 valence electrons. The number of thiophene rings is 1. The predicted octanol–water partition coefficient (Wildman–Crippen LogP) is 2.33. The van der Waals surface area contributed by atoms with E-state index in [-0.39, 0.29) is 9.10 Å². The van der Waals surface area contributed by atoms with Crippen LogP contribution in [0.4, 0.5) is 5.69 Å². The molecule has 3 rings (SSSR count). The van der Waals surface area contributed by atoms with E-state index in [1.54, 1.807) is 6.07 Å². The van der Waals surface area contributed by atoms with Gasteiger partial charge >= 0.3 is 0 Å². The van der Waals surface area contributed by atoms with Crippen LogP contribution in [-0.4, -0.2) is 29.2 Å². The second-order valence-electron chi connectivity index (χ2n) is 5.53. The number of anilines is 1. The van der Waals surface area contributed by atoms with Gasteiger partial charge in [0.1, 0.15) is 10.0 Å². The Labute approximate surface area is 150 Å². The predicted molar refractivity (Wildman–Crippen MR) is 98.2 cm³/mol. The van der Waals surface area contributed by atoms with Gasteiger partial charge < -0.3 is 0 Å². The molecule has 2 heterocycles. The Morgan fingerprint density at radius 2 is 1.68 bits per heavy atom. The zero-order valence-corrected chi connectivity index (χ0v) is 15.8. The molecule has 0 amide bonds. The van der Waals surface area contributed by atoms with Crippen LogP contribution >= 0.6 is 11.3 Å². The highest BCUT2D eigenvalue weighted by Gasteiger charge is 2.19. The smallest absolute Gasteiger partial charge is 0.271 e. The maximum absolute atomic E-state index is 12.3. The number of sulfonamides is 2. The van der Waals surface area contributed by atoms with E-state index in [2.05, 4.69) is 14.4 Å². The first-order valence-electron chi connectivity index (χ1n) is 7.52. The minimum atomic E-state index is -3.71. The van der Waals surface area contributed by atoms with Crippen LogP contribution in [0, 0.1) is 6.92 Å². The van der Waals surface area contributed by atoms with Crippen molar-refractivity contribution in [3.63, 3.8) is 0 Å². The zero-order chi connectivity index (χ0) is 18.1. The van der Waals surface area contributed by atoms with Crippen LogP contribution in [0.2, 0.25) is 0 Å². The van der Waals surface area contributed by atoms with Crippen LogP contribution in [-0.2, 0) is 20.0 Å². The van der Waals surface area contributed by atoms with Crippen LogP contribution in [0.3, 0.4) is 0 Å². The molecular formula is C15H17N3O4S3. The SMILES string of the molecule is Cc1ccc(S(=O)(=O)Nc2ccc(S(=O)(=O)NC3=NCCC3)cc2)s1. The first kappa shape index (κ1) is 17.9. The third-order valence-electron chi connectivity index (χ3n) is 3.52. The highest BCUT2D eigenvalue weighted by molar-refractivity contribution is 7.94. The Balaban J connectivity index is 1.76. The summed E-state index contributed by atoms with van der Waals surface area (Å²) in [6, 6.07) is 8.82. The number of amidine groups is 1. The lowest BCUT2D eigenvalue weighted by molar-refractivity contribution is 0.592. The van der Waals surface area contributed by atoms with Crippen LogP contribution in [0.15, 0.2) is 50.5 Å². The molecule has 0 atom stereocenters. The van der Waals surface area contributed by atoms with Crippen LogP contribution in [0.5, 0.6) is 0 Å². The minimum Gasteiger partial charge on any atom is -0.279 e. The number of rotatable bonds is 5. The second kappa shape index (κ2) is 6.77. The normalized spacial score (nSPS) is 15.0. The van der Waals surface area contributed by atoms with Crippen molar-refractivity contribution in [2.75, 3.05) is 11.3 Å². The molecule has 0 saturated heterocycles. The third-order valence-corrected chi connectivity index (χ3v) is 7.79. The minimum absolute atomic E-state index is 0.0528. The van der Waals surface area contributed by atoms with Crippen LogP contribution in [0.1, 0.15) is 17.7 Å². The Bertz CT molecular complexity index is 1010. The number of hydrogen-bond acceptors (Lipinski definition) is 6. The topological polar surface area (TPSA) is 105 Å². The highest BCUT2D eigenvalue weighted by atomic mass is 32.2. The largest absolute Gasteiger partial charge is 0.279 e. The van der Waals surface area contributed by atoms with Gasteiger partial charge in [-0.2, -0.15) is 0 Å². The molecule has 2 N–H and O–H groups in total. The van der Waals surface area contributed by atoms with E-state index < -0.39 is 20.0 Å². The van der Waals surface area contributed by atoms with Gasteiger partial charge in [0.2, 0.25) is 0 Å². The van der Waals surface area contributed by atoms with E-state index in [9.17, 15) is 16.8 Å². The number of nitrogens with one attached hydrogen (secondary N) is 2. The summed E-state index contributed by atoms with van der Waals surface area (Å²) in [6.07, 6.45) is 1.44. The van der Waals surface area contributed by atoms with E-state index in [4.69, 9.17) is 0 Å². The number of nitrogens with zero attached hydrogens (tertiary/aromatic N) is 1. The molecule has 0 radical (unpaired) electrons.